The summed E-state index contributed by atoms with van der Waals surface area (Å²) in [6, 6.07) is 17.9. The summed E-state index contributed by atoms with van der Waals surface area (Å²) in [5.74, 6) is 0.635. The largest absolute Gasteiger partial charge is 0.455 e. The van der Waals surface area contributed by atoms with E-state index in [1.807, 2.05) is 54.6 Å². The lowest BCUT2D eigenvalue weighted by Crippen LogP contribution is -2.36. The summed E-state index contributed by atoms with van der Waals surface area (Å²) in [6.07, 6.45) is 5.81. The molecule has 0 saturated heterocycles. The second kappa shape index (κ2) is 6.52. The molecular weight excluding hydrogens is 298 g/mol. The predicted molar refractivity (Wildman–Crippen MR) is 96.0 cm³/mol. The van der Waals surface area contributed by atoms with Gasteiger partial charge in [-0.15, -0.1) is 0 Å². The monoisotopic (exact) mass is 319 g/mol. The van der Waals surface area contributed by atoms with E-state index in [1.54, 1.807) is 0 Å². The predicted octanol–water partition coefficient (Wildman–Crippen LogP) is 5.16. The third kappa shape index (κ3) is 2.82. The molecule has 3 nitrogen and oxygen atoms in total. The van der Waals surface area contributed by atoms with Crippen LogP contribution in [0.2, 0.25) is 0 Å². The highest BCUT2D eigenvalue weighted by Gasteiger charge is 2.24. The van der Waals surface area contributed by atoms with Crippen LogP contribution in [0.3, 0.4) is 0 Å². The van der Waals surface area contributed by atoms with Gasteiger partial charge in [-0.2, -0.15) is 0 Å². The highest BCUT2D eigenvalue weighted by atomic mass is 16.3. The van der Waals surface area contributed by atoms with Crippen LogP contribution < -0.4 is 5.32 Å². The maximum atomic E-state index is 13.0. The molecule has 2 aromatic carbocycles. The summed E-state index contributed by atoms with van der Waals surface area (Å²) in [5, 5.41) is 4.10. The average Bonchev–Trinajstić information content (AvgIpc) is 3.03. The first-order chi connectivity index (χ1) is 11.8. The lowest BCUT2D eigenvalue weighted by molar-refractivity contribution is 0.0929. The fourth-order valence-electron chi connectivity index (χ4n) is 3.57. The summed E-state index contributed by atoms with van der Waals surface area (Å²) < 4.78 is 6.03. The standard InChI is InChI=1S/C21H21NO2/c23-21(22-16-11-5-2-6-12-16)19-17-13-7-8-14-18(17)24-20(19)15-9-3-1-4-10-15/h1,3-4,7-10,13-14,16H,2,5-6,11-12H2,(H,22,23). The van der Waals surface area contributed by atoms with Gasteiger partial charge in [-0.1, -0.05) is 67.8 Å². The van der Waals surface area contributed by atoms with E-state index in [-0.39, 0.29) is 11.9 Å². The van der Waals surface area contributed by atoms with E-state index < -0.39 is 0 Å². The Morgan fingerprint density at radius 3 is 2.42 bits per heavy atom. The van der Waals surface area contributed by atoms with E-state index in [0.717, 1.165) is 29.4 Å². The number of carbonyl (C=O) groups excluding carboxylic acids is 1. The summed E-state index contributed by atoms with van der Waals surface area (Å²) in [4.78, 5) is 13.0. The molecule has 1 heterocycles. The second-order valence-electron chi connectivity index (χ2n) is 6.48. The van der Waals surface area contributed by atoms with Crippen LogP contribution >= 0.6 is 0 Å². The minimum atomic E-state index is -0.0225. The van der Waals surface area contributed by atoms with Crippen LogP contribution in [0.5, 0.6) is 0 Å². The van der Waals surface area contributed by atoms with Crippen molar-refractivity contribution in [2.75, 3.05) is 0 Å². The molecular formula is C21H21NO2. The molecule has 0 bridgehead atoms. The lowest BCUT2D eigenvalue weighted by atomic mass is 9.95. The van der Waals surface area contributed by atoms with Crippen LogP contribution in [-0.2, 0) is 0 Å². The third-order valence-electron chi connectivity index (χ3n) is 4.80. The van der Waals surface area contributed by atoms with Gasteiger partial charge in [0.2, 0.25) is 0 Å². The molecule has 1 aromatic heterocycles. The lowest BCUT2D eigenvalue weighted by Gasteiger charge is -2.22. The maximum absolute atomic E-state index is 13.0. The number of rotatable bonds is 3. The van der Waals surface area contributed by atoms with E-state index in [4.69, 9.17) is 4.42 Å². The van der Waals surface area contributed by atoms with Gasteiger partial charge in [0.05, 0.1) is 5.56 Å². The van der Waals surface area contributed by atoms with Crippen molar-refractivity contribution in [1.82, 2.24) is 5.32 Å². The van der Waals surface area contributed by atoms with Gasteiger partial charge in [-0.25, -0.2) is 0 Å². The van der Waals surface area contributed by atoms with Crippen molar-refractivity contribution in [1.29, 1.82) is 0 Å². The molecule has 1 N–H and O–H groups in total. The number of hydrogen-bond acceptors (Lipinski definition) is 2. The smallest absolute Gasteiger partial charge is 0.256 e. The number of amides is 1. The summed E-state index contributed by atoms with van der Waals surface area (Å²) in [6.45, 7) is 0. The summed E-state index contributed by atoms with van der Waals surface area (Å²) in [7, 11) is 0. The van der Waals surface area contributed by atoms with Crippen molar-refractivity contribution in [3.05, 3.63) is 60.2 Å². The molecule has 1 aliphatic carbocycles. The summed E-state index contributed by atoms with van der Waals surface area (Å²) in [5.41, 5.74) is 2.34. The Labute approximate surface area is 141 Å². The highest BCUT2D eigenvalue weighted by molar-refractivity contribution is 6.11. The zero-order valence-electron chi connectivity index (χ0n) is 13.6. The number of para-hydroxylation sites is 1. The van der Waals surface area contributed by atoms with Crippen LogP contribution in [0.1, 0.15) is 42.5 Å². The fraction of sp³-hybridized carbons (Fsp3) is 0.286. The molecule has 3 heteroatoms. The molecule has 0 atom stereocenters. The maximum Gasteiger partial charge on any atom is 0.256 e. The Hall–Kier alpha value is -2.55. The molecule has 24 heavy (non-hydrogen) atoms. The van der Waals surface area contributed by atoms with Crippen molar-refractivity contribution in [3.8, 4) is 11.3 Å². The molecule has 0 aliphatic heterocycles. The molecule has 0 spiro atoms. The number of carbonyl (C=O) groups is 1. The number of nitrogens with one attached hydrogen (secondary N) is 1. The molecule has 0 radical (unpaired) electrons. The van der Waals surface area contributed by atoms with Gasteiger partial charge in [-0.3, -0.25) is 4.79 Å². The molecule has 1 saturated carbocycles. The number of fused-ring (bicyclic) bond motifs is 1. The van der Waals surface area contributed by atoms with Gasteiger partial charge < -0.3 is 9.73 Å². The zero-order valence-corrected chi connectivity index (χ0v) is 13.6. The van der Waals surface area contributed by atoms with E-state index in [9.17, 15) is 4.79 Å². The first-order valence-corrected chi connectivity index (χ1v) is 8.71. The van der Waals surface area contributed by atoms with Gasteiger partial charge in [-0.05, 0) is 18.9 Å². The first kappa shape index (κ1) is 15.0. The van der Waals surface area contributed by atoms with Gasteiger partial charge in [0.1, 0.15) is 11.3 Å². The van der Waals surface area contributed by atoms with Crippen molar-refractivity contribution in [2.45, 2.75) is 38.1 Å². The van der Waals surface area contributed by atoms with Gasteiger partial charge >= 0.3 is 0 Å². The first-order valence-electron chi connectivity index (χ1n) is 8.71. The van der Waals surface area contributed by atoms with Crippen molar-refractivity contribution in [2.24, 2.45) is 0 Å². The molecule has 122 valence electrons. The SMILES string of the molecule is O=C(NC1CCCCC1)c1c(-c2ccccc2)oc2ccccc12. The second-order valence-corrected chi connectivity index (χ2v) is 6.48. The third-order valence-corrected chi connectivity index (χ3v) is 4.80. The minimum Gasteiger partial charge on any atom is -0.455 e. The molecule has 0 unspecified atom stereocenters. The van der Waals surface area contributed by atoms with Crippen LogP contribution in [0, 0.1) is 0 Å². The molecule has 1 fully saturated rings. The quantitative estimate of drug-likeness (QED) is 0.724. The molecule has 1 amide bonds. The van der Waals surface area contributed by atoms with Gasteiger partial charge in [0, 0.05) is 17.0 Å². The van der Waals surface area contributed by atoms with Gasteiger partial charge in [0.25, 0.3) is 5.91 Å². The van der Waals surface area contributed by atoms with Crippen molar-refractivity contribution < 1.29 is 9.21 Å². The number of hydrogen-bond donors (Lipinski definition) is 1. The van der Waals surface area contributed by atoms with E-state index in [2.05, 4.69) is 5.32 Å². The Morgan fingerprint density at radius 1 is 0.917 bits per heavy atom. The van der Waals surface area contributed by atoms with Crippen LogP contribution in [0.25, 0.3) is 22.3 Å². The summed E-state index contributed by atoms with van der Waals surface area (Å²) >= 11 is 0. The normalized spacial score (nSPS) is 15.5. The van der Waals surface area contributed by atoms with E-state index in [1.165, 1.54) is 19.3 Å². The number of furan rings is 1. The average molecular weight is 319 g/mol. The van der Waals surface area contributed by atoms with E-state index in [0.29, 0.717) is 11.3 Å². The minimum absolute atomic E-state index is 0.0225. The Morgan fingerprint density at radius 2 is 1.62 bits per heavy atom. The zero-order chi connectivity index (χ0) is 16.4. The van der Waals surface area contributed by atoms with Crippen LogP contribution in [-0.4, -0.2) is 11.9 Å². The van der Waals surface area contributed by atoms with E-state index >= 15 is 0 Å². The molecule has 1 aliphatic rings. The Kier molecular flexibility index (Phi) is 4.08. The Balaban J connectivity index is 1.76. The number of benzene rings is 2. The van der Waals surface area contributed by atoms with Crippen LogP contribution in [0.4, 0.5) is 0 Å². The van der Waals surface area contributed by atoms with Crippen molar-refractivity contribution in [3.63, 3.8) is 0 Å². The highest BCUT2D eigenvalue weighted by Crippen LogP contribution is 2.33. The topological polar surface area (TPSA) is 42.2 Å². The molecule has 3 aromatic rings. The molecule has 4 rings (SSSR count). The van der Waals surface area contributed by atoms with Gasteiger partial charge in [0.15, 0.2) is 0 Å². The van der Waals surface area contributed by atoms with Crippen molar-refractivity contribution >= 4 is 16.9 Å². The van der Waals surface area contributed by atoms with Crippen LogP contribution in [0.15, 0.2) is 59.0 Å². The fourth-order valence-corrected chi connectivity index (χ4v) is 3.57. The Bertz CT molecular complexity index is 845.